The number of nitrogens with one attached hydrogen (secondary N) is 1. The Morgan fingerprint density at radius 3 is 2.44 bits per heavy atom. The molecule has 0 aliphatic heterocycles. The lowest BCUT2D eigenvalue weighted by molar-refractivity contribution is -0.135. The molecule has 0 spiro atoms. The first kappa shape index (κ1) is 14.2. The quantitative estimate of drug-likeness (QED) is 0.746. The molecule has 1 aliphatic rings. The smallest absolute Gasteiger partial charge is 0.313 e. The normalized spacial score (nSPS) is 20.8. The summed E-state index contributed by atoms with van der Waals surface area (Å²) in [6.45, 7) is 2.90. The van der Waals surface area contributed by atoms with Crippen LogP contribution in [0.5, 0.6) is 0 Å². The molecule has 96 valence electrons. The second-order valence-electron chi connectivity index (χ2n) is 4.68. The van der Waals surface area contributed by atoms with Crippen molar-refractivity contribution in [2.45, 2.75) is 56.0 Å². The van der Waals surface area contributed by atoms with Crippen LogP contribution in [0.2, 0.25) is 0 Å². The van der Waals surface area contributed by atoms with Crippen LogP contribution in [0.25, 0.3) is 0 Å². The van der Waals surface area contributed by atoms with E-state index in [0.717, 1.165) is 6.54 Å². The highest BCUT2D eigenvalue weighted by Crippen LogP contribution is 2.46. The van der Waals surface area contributed by atoms with Gasteiger partial charge in [-0.1, -0.05) is 0 Å². The van der Waals surface area contributed by atoms with Crippen molar-refractivity contribution in [1.29, 1.82) is 0 Å². The second kappa shape index (κ2) is 5.63. The largest absolute Gasteiger partial charge is 0.389 e. The van der Waals surface area contributed by atoms with Crippen LogP contribution in [0.1, 0.15) is 39.0 Å². The van der Waals surface area contributed by atoms with E-state index in [1.165, 1.54) is 12.8 Å². The molecule has 1 saturated carbocycles. The maximum atomic E-state index is 11.9. The lowest BCUT2D eigenvalue weighted by Gasteiger charge is -2.18. The third-order valence-corrected chi connectivity index (χ3v) is 4.53. The van der Waals surface area contributed by atoms with Crippen LogP contribution in [0.4, 0.5) is 13.2 Å². The number of rotatable bonds is 7. The van der Waals surface area contributed by atoms with Gasteiger partial charge in [0.05, 0.1) is 0 Å². The SMILES string of the molecule is CSC1(CNC(C)CCCC(F)(F)F)CC1. The van der Waals surface area contributed by atoms with E-state index in [0.29, 0.717) is 11.2 Å². The van der Waals surface area contributed by atoms with Crippen molar-refractivity contribution in [2.24, 2.45) is 0 Å². The Kier molecular flexibility index (Phi) is 4.98. The van der Waals surface area contributed by atoms with Crippen LogP contribution in [0.3, 0.4) is 0 Å². The number of hydrogen-bond donors (Lipinski definition) is 1. The molecule has 16 heavy (non-hydrogen) atoms. The van der Waals surface area contributed by atoms with Crippen LogP contribution in [0, 0.1) is 0 Å². The van der Waals surface area contributed by atoms with E-state index in [4.69, 9.17) is 0 Å². The Hall–Kier alpha value is 0.100. The number of halogens is 3. The van der Waals surface area contributed by atoms with Crippen LogP contribution < -0.4 is 5.32 Å². The molecule has 5 heteroatoms. The van der Waals surface area contributed by atoms with Crippen molar-refractivity contribution in [2.75, 3.05) is 12.8 Å². The lowest BCUT2D eigenvalue weighted by atomic mass is 10.1. The summed E-state index contributed by atoms with van der Waals surface area (Å²) in [5.74, 6) is 0. The fourth-order valence-electron chi connectivity index (χ4n) is 1.66. The fourth-order valence-corrected chi connectivity index (χ4v) is 2.40. The molecule has 0 aromatic rings. The summed E-state index contributed by atoms with van der Waals surface area (Å²) in [6.07, 6.45) is 0.729. The van der Waals surface area contributed by atoms with Crippen molar-refractivity contribution in [3.63, 3.8) is 0 Å². The lowest BCUT2D eigenvalue weighted by Crippen LogP contribution is -2.33. The minimum absolute atomic E-state index is 0.187. The highest BCUT2D eigenvalue weighted by atomic mass is 32.2. The van der Waals surface area contributed by atoms with Gasteiger partial charge >= 0.3 is 6.18 Å². The van der Waals surface area contributed by atoms with Crippen LogP contribution in [0.15, 0.2) is 0 Å². The molecule has 0 aromatic carbocycles. The first-order valence-corrected chi connectivity index (χ1v) is 6.95. The molecular weight excluding hydrogens is 235 g/mol. The van der Waals surface area contributed by atoms with Gasteiger partial charge in [-0.2, -0.15) is 24.9 Å². The Balaban J connectivity index is 2.05. The third kappa shape index (κ3) is 5.43. The van der Waals surface area contributed by atoms with Gasteiger partial charge in [0.25, 0.3) is 0 Å². The summed E-state index contributed by atoms with van der Waals surface area (Å²) in [4.78, 5) is 0. The zero-order chi connectivity index (χ0) is 12.2. The molecule has 1 unspecified atom stereocenters. The van der Waals surface area contributed by atoms with Crippen molar-refractivity contribution < 1.29 is 13.2 Å². The Labute approximate surface area is 99.6 Å². The monoisotopic (exact) mass is 255 g/mol. The summed E-state index contributed by atoms with van der Waals surface area (Å²) < 4.78 is 36.2. The number of alkyl halides is 3. The number of hydrogen-bond acceptors (Lipinski definition) is 2. The summed E-state index contributed by atoms with van der Waals surface area (Å²) in [6, 6.07) is 0.187. The maximum Gasteiger partial charge on any atom is 0.389 e. The minimum Gasteiger partial charge on any atom is -0.313 e. The topological polar surface area (TPSA) is 12.0 Å². The van der Waals surface area contributed by atoms with Crippen molar-refractivity contribution in [3.05, 3.63) is 0 Å². The van der Waals surface area contributed by atoms with Crippen LogP contribution >= 0.6 is 11.8 Å². The number of thioether (sulfide) groups is 1. The molecule has 0 aromatic heterocycles. The first-order valence-electron chi connectivity index (χ1n) is 5.72. The van der Waals surface area contributed by atoms with Gasteiger partial charge in [0.15, 0.2) is 0 Å². The van der Waals surface area contributed by atoms with E-state index in [2.05, 4.69) is 11.6 Å². The average Bonchev–Trinajstić information content (AvgIpc) is 2.93. The zero-order valence-corrected chi connectivity index (χ0v) is 10.7. The Morgan fingerprint density at radius 1 is 1.38 bits per heavy atom. The molecule has 1 aliphatic carbocycles. The van der Waals surface area contributed by atoms with Crippen LogP contribution in [-0.2, 0) is 0 Å². The Morgan fingerprint density at radius 2 is 2.00 bits per heavy atom. The van der Waals surface area contributed by atoms with Gasteiger partial charge in [0, 0.05) is 23.8 Å². The van der Waals surface area contributed by atoms with Crippen molar-refractivity contribution >= 4 is 11.8 Å². The molecule has 1 atom stereocenters. The second-order valence-corrected chi connectivity index (χ2v) is 5.95. The standard InChI is InChI=1S/C11H20F3NS/c1-9(4-3-5-11(12,13)14)15-8-10(16-2)6-7-10/h9,15H,3-8H2,1-2H3. The highest BCUT2D eigenvalue weighted by Gasteiger charge is 2.41. The summed E-state index contributed by atoms with van der Waals surface area (Å²) in [5.41, 5.74) is 0. The van der Waals surface area contributed by atoms with Crippen molar-refractivity contribution in [3.8, 4) is 0 Å². The molecule has 0 heterocycles. The van der Waals surface area contributed by atoms with Gasteiger partial charge in [-0.3, -0.25) is 0 Å². The maximum absolute atomic E-state index is 11.9. The van der Waals surface area contributed by atoms with Crippen LogP contribution in [-0.4, -0.2) is 29.8 Å². The van der Waals surface area contributed by atoms with E-state index in [1.807, 2.05) is 18.7 Å². The average molecular weight is 255 g/mol. The zero-order valence-electron chi connectivity index (χ0n) is 9.86. The molecule has 1 nitrogen and oxygen atoms in total. The Bertz CT molecular complexity index is 214. The summed E-state index contributed by atoms with van der Waals surface area (Å²) in [7, 11) is 0. The van der Waals surface area contributed by atoms with Crippen molar-refractivity contribution in [1.82, 2.24) is 5.32 Å². The molecule has 0 bridgehead atoms. The first-order chi connectivity index (χ1) is 7.37. The molecule has 0 amide bonds. The van der Waals surface area contributed by atoms with E-state index in [1.54, 1.807) is 0 Å². The highest BCUT2D eigenvalue weighted by molar-refractivity contribution is 8.00. The van der Waals surface area contributed by atoms with E-state index < -0.39 is 12.6 Å². The fraction of sp³-hybridized carbons (Fsp3) is 1.00. The van der Waals surface area contributed by atoms with E-state index >= 15 is 0 Å². The van der Waals surface area contributed by atoms with Gasteiger partial charge in [-0.05, 0) is 38.9 Å². The summed E-state index contributed by atoms with van der Waals surface area (Å²) >= 11 is 1.87. The summed E-state index contributed by atoms with van der Waals surface area (Å²) in [5, 5.41) is 3.33. The molecule has 1 N–H and O–H groups in total. The molecule has 1 fully saturated rings. The molecule has 0 radical (unpaired) electrons. The molecular formula is C11H20F3NS. The van der Waals surface area contributed by atoms with Gasteiger partial charge < -0.3 is 5.32 Å². The third-order valence-electron chi connectivity index (χ3n) is 3.11. The predicted molar refractivity (Wildman–Crippen MR) is 62.9 cm³/mol. The predicted octanol–water partition coefficient (Wildman–Crippen LogP) is 3.59. The molecule has 0 saturated heterocycles. The van der Waals surface area contributed by atoms with Gasteiger partial charge in [0.2, 0.25) is 0 Å². The van der Waals surface area contributed by atoms with E-state index in [9.17, 15) is 13.2 Å². The van der Waals surface area contributed by atoms with Gasteiger partial charge in [-0.15, -0.1) is 0 Å². The van der Waals surface area contributed by atoms with E-state index in [-0.39, 0.29) is 12.5 Å². The molecule has 1 rings (SSSR count). The minimum atomic E-state index is -4.00. The van der Waals surface area contributed by atoms with Gasteiger partial charge in [0.1, 0.15) is 0 Å². The van der Waals surface area contributed by atoms with Gasteiger partial charge in [-0.25, -0.2) is 0 Å².